The molecule has 12 heteroatoms. The monoisotopic (exact) mass is 445 g/mol. The molecule has 0 aliphatic carbocycles. The van der Waals surface area contributed by atoms with Crippen LogP contribution in [0.1, 0.15) is 30.3 Å². The minimum Gasteiger partial charge on any atom is -0.447 e. The van der Waals surface area contributed by atoms with Crippen molar-refractivity contribution in [2.24, 2.45) is 4.99 Å². The lowest BCUT2D eigenvalue weighted by Gasteiger charge is -2.39. The van der Waals surface area contributed by atoms with E-state index in [1.54, 1.807) is 0 Å². The van der Waals surface area contributed by atoms with Gasteiger partial charge in [0.05, 0.1) is 12.6 Å². The van der Waals surface area contributed by atoms with Crippen LogP contribution in [0.5, 0.6) is 6.08 Å². The molecule has 0 unspecified atom stereocenters. The molecular weight excluding hydrogens is 427 g/mol. The summed E-state index contributed by atoms with van der Waals surface area (Å²) in [7, 11) is 0. The SMILES string of the molecule is FC(F)(F)OCCOc1nnc([C@H]2CC[C@H](N3CN=Cc4cc(Cl)ccc43)CN2)o1. The zero-order chi connectivity index (χ0) is 21.1. The third-order valence-electron chi connectivity index (χ3n) is 4.89. The Morgan fingerprint density at radius 3 is 2.87 bits per heavy atom. The smallest absolute Gasteiger partial charge is 0.447 e. The van der Waals surface area contributed by atoms with Gasteiger partial charge in [-0.2, -0.15) is 0 Å². The first-order valence-corrected chi connectivity index (χ1v) is 9.73. The largest absolute Gasteiger partial charge is 0.522 e. The van der Waals surface area contributed by atoms with E-state index < -0.39 is 13.0 Å². The molecule has 2 aromatic rings. The first kappa shape index (κ1) is 20.9. The molecule has 162 valence electrons. The van der Waals surface area contributed by atoms with Crippen molar-refractivity contribution in [1.82, 2.24) is 15.5 Å². The van der Waals surface area contributed by atoms with Crippen molar-refractivity contribution in [3.63, 3.8) is 0 Å². The Hall–Kier alpha value is -2.37. The second kappa shape index (κ2) is 8.78. The summed E-state index contributed by atoms with van der Waals surface area (Å²) in [5.41, 5.74) is 2.08. The predicted octanol–water partition coefficient (Wildman–Crippen LogP) is 3.33. The number of ether oxygens (including phenoxy) is 2. The van der Waals surface area contributed by atoms with E-state index in [9.17, 15) is 13.2 Å². The molecule has 1 fully saturated rings. The van der Waals surface area contributed by atoms with Gasteiger partial charge in [0.1, 0.15) is 13.3 Å². The minimum atomic E-state index is -4.70. The van der Waals surface area contributed by atoms with E-state index >= 15 is 0 Å². The lowest BCUT2D eigenvalue weighted by molar-refractivity contribution is -0.325. The molecule has 1 aromatic carbocycles. The van der Waals surface area contributed by atoms with Crippen LogP contribution in [-0.4, -0.2) is 55.2 Å². The Kier molecular flexibility index (Phi) is 6.11. The molecule has 1 saturated heterocycles. The van der Waals surface area contributed by atoms with Crippen LogP contribution in [0.15, 0.2) is 27.6 Å². The molecule has 3 heterocycles. The minimum absolute atomic E-state index is 0.157. The molecule has 1 N–H and O–H groups in total. The summed E-state index contributed by atoms with van der Waals surface area (Å²) in [5.74, 6) is 0.337. The quantitative estimate of drug-likeness (QED) is 0.682. The average molecular weight is 446 g/mol. The zero-order valence-electron chi connectivity index (χ0n) is 15.7. The highest BCUT2D eigenvalue weighted by atomic mass is 35.5. The van der Waals surface area contributed by atoms with Crippen molar-refractivity contribution in [2.75, 3.05) is 31.3 Å². The first-order chi connectivity index (χ1) is 14.4. The molecule has 0 saturated carbocycles. The summed E-state index contributed by atoms with van der Waals surface area (Å²) in [6.45, 7) is 0.250. The van der Waals surface area contributed by atoms with E-state index in [-0.39, 0.29) is 24.8 Å². The number of hydrogen-bond donors (Lipinski definition) is 1. The highest BCUT2D eigenvalue weighted by Crippen LogP contribution is 2.32. The molecule has 0 spiro atoms. The number of hydrogen-bond acceptors (Lipinski definition) is 8. The summed E-state index contributed by atoms with van der Waals surface area (Å²) < 4.78 is 49.9. The van der Waals surface area contributed by atoms with Crippen molar-refractivity contribution in [2.45, 2.75) is 31.3 Å². The van der Waals surface area contributed by atoms with E-state index in [1.807, 2.05) is 24.4 Å². The second-order valence-corrected chi connectivity index (χ2v) is 7.30. The van der Waals surface area contributed by atoms with Crippen LogP contribution in [0.3, 0.4) is 0 Å². The molecule has 2 aliphatic rings. The predicted molar refractivity (Wildman–Crippen MR) is 102 cm³/mol. The van der Waals surface area contributed by atoms with E-state index in [4.69, 9.17) is 20.8 Å². The van der Waals surface area contributed by atoms with Crippen LogP contribution in [0.4, 0.5) is 18.9 Å². The summed E-state index contributed by atoms with van der Waals surface area (Å²) >= 11 is 6.08. The summed E-state index contributed by atoms with van der Waals surface area (Å²) in [6.07, 6.45) is -1.44. The maximum absolute atomic E-state index is 11.9. The van der Waals surface area contributed by atoms with Gasteiger partial charge in [0.2, 0.25) is 5.89 Å². The van der Waals surface area contributed by atoms with Crippen LogP contribution < -0.4 is 15.0 Å². The fourth-order valence-corrected chi connectivity index (χ4v) is 3.71. The van der Waals surface area contributed by atoms with Crippen LogP contribution in [0.25, 0.3) is 0 Å². The van der Waals surface area contributed by atoms with Gasteiger partial charge in [0.25, 0.3) is 0 Å². The van der Waals surface area contributed by atoms with Gasteiger partial charge in [-0.15, -0.1) is 18.3 Å². The van der Waals surface area contributed by atoms with Gasteiger partial charge in [-0.05, 0) is 31.0 Å². The van der Waals surface area contributed by atoms with Gasteiger partial charge in [0.15, 0.2) is 0 Å². The summed E-state index contributed by atoms with van der Waals surface area (Å²) in [5, 5.41) is 11.7. The average Bonchev–Trinajstić information content (AvgIpc) is 3.19. The molecule has 1 aromatic heterocycles. The summed E-state index contributed by atoms with van der Waals surface area (Å²) in [4.78, 5) is 6.66. The molecule has 2 aliphatic heterocycles. The number of benzene rings is 1. The van der Waals surface area contributed by atoms with E-state index in [0.29, 0.717) is 24.1 Å². The van der Waals surface area contributed by atoms with E-state index in [2.05, 4.69) is 30.1 Å². The number of aliphatic imine (C=N–C) groups is 1. The Bertz CT molecular complexity index is 899. The lowest BCUT2D eigenvalue weighted by Crippen LogP contribution is -2.48. The molecule has 4 rings (SSSR count). The van der Waals surface area contributed by atoms with Gasteiger partial charge in [-0.25, -0.2) is 0 Å². The van der Waals surface area contributed by atoms with E-state index in [1.165, 1.54) is 0 Å². The van der Waals surface area contributed by atoms with Gasteiger partial charge in [-0.3, -0.25) is 9.73 Å². The Labute approximate surface area is 175 Å². The molecule has 0 radical (unpaired) electrons. The Balaban J connectivity index is 1.29. The van der Waals surface area contributed by atoms with E-state index in [0.717, 1.165) is 24.1 Å². The normalized spacial score (nSPS) is 21.5. The van der Waals surface area contributed by atoms with Gasteiger partial charge in [0, 0.05) is 35.1 Å². The summed E-state index contributed by atoms with van der Waals surface area (Å²) in [6, 6.07) is 5.84. The molecular formula is C18H19ClF3N5O3. The third-order valence-corrected chi connectivity index (χ3v) is 5.12. The third kappa shape index (κ3) is 5.02. The van der Waals surface area contributed by atoms with Crippen molar-refractivity contribution in [3.8, 4) is 6.08 Å². The van der Waals surface area contributed by atoms with Gasteiger partial charge >= 0.3 is 12.4 Å². The molecule has 0 bridgehead atoms. The van der Waals surface area contributed by atoms with Crippen molar-refractivity contribution < 1.29 is 27.1 Å². The number of piperidine rings is 1. The number of anilines is 1. The zero-order valence-corrected chi connectivity index (χ0v) is 16.5. The Morgan fingerprint density at radius 1 is 1.23 bits per heavy atom. The molecule has 8 nitrogen and oxygen atoms in total. The number of nitrogens with one attached hydrogen (secondary N) is 1. The molecule has 30 heavy (non-hydrogen) atoms. The number of rotatable bonds is 6. The van der Waals surface area contributed by atoms with Crippen LogP contribution >= 0.6 is 11.6 Å². The number of aromatic nitrogens is 2. The number of halogens is 4. The highest BCUT2D eigenvalue weighted by Gasteiger charge is 2.31. The number of fused-ring (bicyclic) bond motifs is 1. The number of nitrogens with zero attached hydrogens (tertiary/aromatic N) is 4. The van der Waals surface area contributed by atoms with Crippen LogP contribution in [0, 0.1) is 0 Å². The maximum atomic E-state index is 11.9. The Morgan fingerprint density at radius 2 is 2.10 bits per heavy atom. The van der Waals surface area contributed by atoms with Crippen molar-refractivity contribution in [1.29, 1.82) is 0 Å². The maximum Gasteiger partial charge on any atom is 0.522 e. The topological polar surface area (TPSA) is 85.0 Å². The fraction of sp³-hybridized carbons (Fsp3) is 0.500. The van der Waals surface area contributed by atoms with Crippen LogP contribution in [-0.2, 0) is 4.74 Å². The van der Waals surface area contributed by atoms with Gasteiger partial charge in [-0.1, -0.05) is 16.7 Å². The van der Waals surface area contributed by atoms with Crippen molar-refractivity contribution >= 4 is 23.5 Å². The molecule has 2 atom stereocenters. The van der Waals surface area contributed by atoms with Crippen molar-refractivity contribution in [3.05, 3.63) is 34.7 Å². The first-order valence-electron chi connectivity index (χ1n) is 9.35. The highest BCUT2D eigenvalue weighted by molar-refractivity contribution is 6.31. The van der Waals surface area contributed by atoms with Crippen LogP contribution in [0.2, 0.25) is 5.02 Å². The second-order valence-electron chi connectivity index (χ2n) is 6.87. The van der Waals surface area contributed by atoms with Gasteiger partial charge < -0.3 is 19.4 Å². The number of alkyl halides is 3. The fourth-order valence-electron chi connectivity index (χ4n) is 3.53. The standard InChI is InChI=1S/C18H19ClF3N5O3/c19-12-1-4-15-11(7-12)8-23-10-27(15)13-2-3-14(24-9-13)16-25-26-17(30-16)28-5-6-29-18(20,21)22/h1,4,7-8,13-14,24H,2-3,5-6,9-10H2/t13-,14+/m0/s1. The lowest BCUT2D eigenvalue weighted by atomic mass is 9.98. The molecule has 0 amide bonds.